The maximum absolute atomic E-state index is 11.1. The summed E-state index contributed by atoms with van der Waals surface area (Å²) in [6, 6.07) is 0. The predicted molar refractivity (Wildman–Crippen MR) is 61.7 cm³/mol. The highest BCUT2D eigenvalue weighted by Gasteiger charge is 2.42. The molecule has 0 saturated carbocycles. The monoisotopic (exact) mass is 292 g/mol. The van der Waals surface area contributed by atoms with E-state index in [9.17, 15) is 4.79 Å². The Morgan fingerprint density at radius 1 is 1.31 bits per heavy atom. The molecule has 0 N–H and O–H groups in total. The number of alkyl halides is 1. The Kier molecular flexibility index (Phi) is 3.74. The van der Waals surface area contributed by atoms with E-state index in [0.29, 0.717) is 6.42 Å². The summed E-state index contributed by atoms with van der Waals surface area (Å²) in [7, 11) is 0. The molecule has 2 aliphatic heterocycles. The summed E-state index contributed by atoms with van der Waals surface area (Å²) in [5.74, 6) is 0. The summed E-state index contributed by atoms with van der Waals surface area (Å²) in [6.45, 7) is 4.11. The van der Waals surface area contributed by atoms with E-state index in [4.69, 9.17) is 14.2 Å². The molecule has 0 bridgehead atoms. The molecule has 2 saturated heterocycles. The molecule has 5 heteroatoms. The standard InChI is InChI=1S/C11H17BrO4/c1-3-8-7(12)5-10-9(4-6(2)14-8)15-11(13)16-10/h6-10H,3-5H2,1-2H3. The summed E-state index contributed by atoms with van der Waals surface area (Å²) in [4.78, 5) is 11.3. The van der Waals surface area contributed by atoms with Crippen LogP contribution in [0.3, 0.4) is 0 Å². The van der Waals surface area contributed by atoms with Gasteiger partial charge in [0.15, 0.2) is 0 Å². The van der Waals surface area contributed by atoms with Crippen LogP contribution in [-0.2, 0) is 14.2 Å². The van der Waals surface area contributed by atoms with Crippen molar-refractivity contribution in [2.75, 3.05) is 0 Å². The zero-order valence-corrected chi connectivity index (χ0v) is 11.1. The molecule has 0 amide bonds. The maximum atomic E-state index is 11.1. The quantitative estimate of drug-likeness (QED) is 0.550. The first-order chi connectivity index (χ1) is 7.60. The fourth-order valence-electron chi connectivity index (χ4n) is 2.32. The molecule has 4 nitrogen and oxygen atoms in total. The first-order valence-electron chi connectivity index (χ1n) is 5.77. The van der Waals surface area contributed by atoms with Crippen molar-refractivity contribution in [2.24, 2.45) is 0 Å². The smallest absolute Gasteiger partial charge is 0.427 e. The number of ether oxygens (including phenoxy) is 3. The van der Waals surface area contributed by atoms with Gasteiger partial charge in [-0.15, -0.1) is 0 Å². The Bertz CT molecular complexity index is 271. The van der Waals surface area contributed by atoms with E-state index in [1.54, 1.807) is 0 Å². The topological polar surface area (TPSA) is 44.8 Å². The van der Waals surface area contributed by atoms with Crippen molar-refractivity contribution >= 4 is 22.1 Å². The van der Waals surface area contributed by atoms with Crippen LogP contribution < -0.4 is 0 Å². The summed E-state index contributed by atoms with van der Waals surface area (Å²) in [5.41, 5.74) is 0. The van der Waals surface area contributed by atoms with Gasteiger partial charge in [0, 0.05) is 17.7 Å². The van der Waals surface area contributed by atoms with Crippen LogP contribution >= 0.6 is 15.9 Å². The van der Waals surface area contributed by atoms with E-state index in [1.807, 2.05) is 6.92 Å². The molecule has 0 aliphatic carbocycles. The van der Waals surface area contributed by atoms with Crippen molar-refractivity contribution in [1.82, 2.24) is 0 Å². The van der Waals surface area contributed by atoms with Crippen LogP contribution in [0.15, 0.2) is 0 Å². The molecule has 16 heavy (non-hydrogen) atoms. The highest BCUT2D eigenvalue weighted by Crippen LogP contribution is 2.32. The third-order valence-corrected chi connectivity index (χ3v) is 4.11. The Morgan fingerprint density at radius 3 is 2.56 bits per heavy atom. The largest absolute Gasteiger partial charge is 0.509 e. The SMILES string of the molecule is CCC1OC(C)CC2OC(=O)OC2CC1Br. The highest BCUT2D eigenvalue weighted by molar-refractivity contribution is 9.09. The Balaban J connectivity index is 2.08. The van der Waals surface area contributed by atoms with Crippen molar-refractivity contribution < 1.29 is 19.0 Å². The molecule has 92 valence electrons. The van der Waals surface area contributed by atoms with Crippen molar-refractivity contribution in [3.8, 4) is 0 Å². The lowest BCUT2D eigenvalue weighted by atomic mass is 9.98. The lowest BCUT2D eigenvalue weighted by molar-refractivity contribution is -0.0478. The molecule has 2 rings (SSSR count). The summed E-state index contributed by atoms with van der Waals surface area (Å²) >= 11 is 3.61. The Labute approximate surface area is 104 Å². The fraction of sp³-hybridized carbons (Fsp3) is 0.909. The minimum atomic E-state index is -0.545. The molecule has 0 aromatic heterocycles. The Hall–Kier alpha value is -0.290. The number of hydrogen-bond acceptors (Lipinski definition) is 4. The minimum absolute atomic E-state index is 0.0901. The van der Waals surface area contributed by atoms with Gasteiger partial charge >= 0.3 is 6.16 Å². The van der Waals surface area contributed by atoms with Crippen LogP contribution in [0.2, 0.25) is 0 Å². The van der Waals surface area contributed by atoms with Gasteiger partial charge in [-0.25, -0.2) is 4.79 Å². The molecule has 0 aromatic carbocycles. The molecule has 5 unspecified atom stereocenters. The lowest BCUT2D eigenvalue weighted by Gasteiger charge is -2.31. The molecule has 0 aromatic rings. The second-order valence-corrected chi connectivity index (χ2v) is 5.62. The van der Waals surface area contributed by atoms with Crippen LogP contribution in [0.1, 0.15) is 33.1 Å². The summed E-state index contributed by atoms with van der Waals surface area (Å²) in [5, 5.41) is 0. The number of carbonyl (C=O) groups excluding carboxylic acids is 1. The third kappa shape index (κ3) is 2.51. The number of carbonyl (C=O) groups is 1. The third-order valence-electron chi connectivity index (χ3n) is 3.14. The van der Waals surface area contributed by atoms with Crippen LogP contribution in [0.4, 0.5) is 4.79 Å². The van der Waals surface area contributed by atoms with Gasteiger partial charge in [-0.3, -0.25) is 0 Å². The van der Waals surface area contributed by atoms with Gasteiger partial charge in [0.1, 0.15) is 12.2 Å². The van der Waals surface area contributed by atoms with Crippen LogP contribution in [-0.4, -0.2) is 35.4 Å². The van der Waals surface area contributed by atoms with E-state index in [0.717, 1.165) is 12.8 Å². The van der Waals surface area contributed by atoms with Gasteiger partial charge in [-0.2, -0.15) is 0 Å². The molecule has 0 spiro atoms. The molecule has 2 aliphatic rings. The maximum Gasteiger partial charge on any atom is 0.509 e. The van der Waals surface area contributed by atoms with Crippen molar-refractivity contribution in [3.63, 3.8) is 0 Å². The van der Waals surface area contributed by atoms with E-state index in [2.05, 4.69) is 22.9 Å². The number of rotatable bonds is 1. The number of hydrogen-bond donors (Lipinski definition) is 0. The van der Waals surface area contributed by atoms with Crippen LogP contribution in [0.25, 0.3) is 0 Å². The molecule has 2 heterocycles. The van der Waals surface area contributed by atoms with Gasteiger partial charge in [0.2, 0.25) is 0 Å². The van der Waals surface area contributed by atoms with Gasteiger partial charge in [-0.1, -0.05) is 22.9 Å². The molecule has 5 atom stereocenters. The van der Waals surface area contributed by atoms with E-state index < -0.39 is 6.16 Å². The second-order valence-electron chi connectivity index (χ2n) is 4.44. The van der Waals surface area contributed by atoms with E-state index in [-0.39, 0.29) is 29.2 Å². The molecular weight excluding hydrogens is 276 g/mol. The molecule has 0 radical (unpaired) electrons. The summed E-state index contributed by atoms with van der Waals surface area (Å²) < 4.78 is 16.2. The number of fused-ring (bicyclic) bond motifs is 1. The van der Waals surface area contributed by atoms with Crippen LogP contribution in [0, 0.1) is 0 Å². The van der Waals surface area contributed by atoms with Crippen LogP contribution in [0.5, 0.6) is 0 Å². The molecular formula is C11H17BrO4. The van der Waals surface area contributed by atoms with Gasteiger partial charge in [0.05, 0.1) is 12.2 Å². The predicted octanol–water partition coefficient (Wildman–Crippen LogP) is 2.63. The first kappa shape index (κ1) is 12.2. The Morgan fingerprint density at radius 2 is 1.94 bits per heavy atom. The second kappa shape index (κ2) is 4.92. The van der Waals surface area contributed by atoms with E-state index in [1.165, 1.54) is 0 Å². The lowest BCUT2D eigenvalue weighted by Crippen LogP contribution is -2.39. The minimum Gasteiger partial charge on any atom is -0.427 e. The van der Waals surface area contributed by atoms with Gasteiger partial charge < -0.3 is 14.2 Å². The van der Waals surface area contributed by atoms with Gasteiger partial charge in [0.25, 0.3) is 0 Å². The van der Waals surface area contributed by atoms with Crippen molar-refractivity contribution in [2.45, 2.75) is 62.4 Å². The normalized spacial score (nSPS) is 43.9. The number of halogens is 1. The zero-order valence-electron chi connectivity index (χ0n) is 9.52. The van der Waals surface area contributed by atoms with Gasteiger partial charge in [-0.05, 0) is 13.3 Å². The first-order valence-corrected chi connectivity index (χ1v) is 6.68. The highest BCUT2D eigenvalue weighted by atomic mass is 79.9. The van der Waals surface area contributed by atoms with Crippen molar-refractivity contribution in [3.05, 3.63) is 0 Å². The molecule has 2 fully saturated rings. The summed E-state index contributed by atoms with van der Waals surface area (Å²) in [6.07, 6.45) is 1.86. The zero-order chi connectivity index (χ0) is 11.7. The fourth-order valence-corrected chi connectivity index (χ4v) is 3.19. The van der Waals surface area contributed by atoms with Crippen molar-refractivity contribution in [1.29, 1.82) is 0 Å². The average molecular weight is 293 g/mol. The average Bonchev–Trinajstić information content (AvgIpc) is 2.53. The van der Waals surface area contributed by atoms with E-state index >= 15 is 0 Å².